The van der Waals surface area contributed by atoms with Gasteiger partial charge in [0, 0.05) is 41.5 Å². The van der Waals surface area contributed by atoms with E-state index in [0.717, 1.165) is 44.4 Å². The van der Waals surface area contributed by atoms with Crippen molar-refractivity contribution in [1.82, 2.24) is 15.0 Å². The first kappa shape index (κ1) is 18.8. The lowest BCUT2D eigenvalue weighted by Gasteiger charge is -2.14. The van der Waals surface area contributed by atoms with E-state index >= 15 is 0 Å². The summed E-state index contributed by atoms with van der Waals surface area (Å²) in [7, 11) is 1.67. The number of nitrogens with one attached hydrogen (secondary N) is 1. The minimum absolute atomic E-state index is 0.441. The third-order valence-corrected chi connectivity index (χ3v) is 5.31. The number of nitrogens with two attached hydrogens (primary N) is 1. The van der Waals surface area contributed by atoms with Gasteiger partial charge in [0.05, 0.1) is 24.0 Å². The van der Waals surface area contributed by atoms with Crippen LogP contribution >= 0.6 is 0 Å². The maximum absolute atomic E-state index is 6.28. The fourth-order valence-corrected chi connectivity index (χ4v) is 3.72. The van der Waals surface area contributed by atoms with Crippen molar-refractivity contribution >= 4 is 33.2 Å². The Hall–Kier alpha value is -4.19. The molecule has 0 atom stereocenters. The molecular formula is C25H21N5O. The summed E-state index contributed by atoms with van der Waals surface area (Å²) in [6.07, 6.45) is 5.30. The van der Waals surface area contributed by atoms with E-state index in [9.17, 15) is 0 Å². The third kappa shape index (κ3) is 3.59. The predicted octanol–water partition coefficient (Wildman–Crippen LogP) is 5.05. The Morgan fingerprint density at radius 3 is 2.58 bits per heavy atom. The van der Waals surface area contributed by atoms with Gasteiger partial charge in [-0.1, -0.05) is 30.3 Å². The van der Waals surface area contributed by atoms with Gasteiger partial charge in [0.1, 0.15) is 11.6 Å². The van der Waals surface area contributed by atoms with Gasteiger partial charge < -0.3 is 15.8 Å². The van der Waals surface area contributed by atoms with E-state index in [1.54, 1.807) is 25.7 Å². The topological polar surface area (TPSA) is 86.0 Å². The molecule has 0 amide bonds. The molecule has 0 saturated carbocycles. The molecule has 152 valence electrons. The summed E-state index contributed by atoms with van der Waals surface area (Å²) in [5.74, 6) is 1.19. The van der Waals surface area contributed by atoms with Gasteiger partial charge in [0.25, 0.3) is 0 Å². The van der Waals surface area contributed by atoms with Crippen LogP contribution in [0.2, 0.25) is 0 Å². The Morgan fingerprint density at radius 2 is 1.81 bits per heavy atom. The summed E-state index contributed by atoms with van der Waals surface area (Å²) < 4.78 is 5.69. The fourth-order valence-electron chi connectivity index (χ4n) is 3.72. The molecule has 6 nitrogen and oxygen atoms in total. The molecule has 3 N–H and O–H groups in total. The summed E-state index contributed by atoms with van der Waals surface area (Å²) in [5.41, 5.74) is 10.9. The monoisotopic (exact) mass is 407 g/mol. The van der Waals surface area contributed by atoms with Crippen molar-refractivity contribution in [3.8, 4) is 17.0 Å². The van der Waals surface area contributed by atoms with Gasteiger partial charge in [-0.15, -0.1) is 0 Å². The number of nitrogens with zero attached hydrogens (tertiary/aromatic N) is 3. The van der Waals surface area contributed by atoms with Gasteiger partial charge in [-0.3, -0.25) is 9.97 Å². The van der Waals surface area contributed by atoms with Crippen LogP contribution in [0, 0.1) is 0 Å². The molecule has 0 aliphatic carbocycles. The molecule has 2 aromatic carbocycles. The lowest BCUT2D eigenvalue weighted by molar-refractivity contribution is 0.417. The molecule has 0 aliphatic heterocycles. The van der Waals surface area contributed by atoms with Crippen LogP contribution in [0.1, 0.15) is 5.56 Å². The van der Waals surface area contributed by atoms with Crippen LogP contribution in [-0.4, -0.2) is 22.1 Å². The zero-order valence-electron chi connectivity index (χ0n) is 17.0. The van der Waals surface area contributed by atoms with Crippen molar-refractivity contribution in [1.29, 1.82) is 0 Å². The summed E-state index contributed by atoms with van der Waals surface area (Å²) in [6, 6.07) is 20.1. The molecule has 5 rings (SSSR count). The SMILES string of the molecule is COc1cc2c(cc1NCc1ccccc1)ncc1c(N)nc(-c3cccnc3)cc12. The molecule has 0 spiro atoms. The maximum Gasteiger partial charge on any atom is 0.142 e. The molecule has 5 aromatic rings. The summed E-state index contributed by atoms with van der Waals surface area (Å²) >= 11 is 0. The average molecular weight is 407 g/mol. The first-order chi connectivity index (χ1) is 15.2. The van der Waals surface area contributed by atoms with Crippen molar-refractivity contribution in [2.45, 2.75) is 6.54 Å². The number of hydrogen-bond donors (Lipinski definition) is 2. The van der Waals surface area contributed by atoms with E-state index < -0.39 is 0 Å². The normalized spacial score (nSPS) is 11.0. The molecule has 31 heavy (non-hydrogen) atoms. The highest BCUT2D eigenvalue weighted by Crippen LogP contribution is 2.36. The quantitative estimate of drug-likeness (QED) is 0.397. The lowest BCUT2D eigenvalue weighted by Crippen LogP contribution is -2.02. The molecule has 6 heteroatoms. The van der Waals surface area contributed by atoms with Gasteiger partial charge in [-0.2, -0.15) is 0 Å². The van der Waals surface area contributed by atoms with Crippen LogP contribution in [0.15, 0.2) is 79.3 Å². The number of nitrogen functional groups attached to an aromatic ring is 1. The van der Waals surface area contributed by atoms with Gasteiger partial charge >= 0.3 is 0 Å². The third-order valence-electron chi connectivity index (χ3n) is 5.31. The Kier molecular flexibility index (Phi) is 4.80. The predicted molar refractivity (Wildman–Crippen MR) is 125 cm³/mol. The minimum atomic E-state index is 0.441. The molecule has 0 fully saturated rings. The Balaban J connectivity index is 1.63. The van der Waals surface area contributed by atoms with Gasteiger partial charge in [-0.25, -0.2) is 4.98 Å². The molecule has 0 bridgehead atoms. The first-order valence-corrected chi connectivity index (χ1v) is 9.98. The van der Waals surface area contributed by atoms with Gasteiger partial charge in [-0.05, 0) is 41.3 Å². The average Bonchev–Trinajstić information content (AvgIpc) is 2.83. The number of benzene rings is 2. The number of aromatic nitrogens is 3. The molecule has 0 aliphatic rings. The standard InChI is InChI=1S/C25H21N5O/c1-31-24-11-19-18-10-21(17-8-5-9-27-14-17)30-25(26)20(18)15-29-22(19)12-23(24)28-13-16-6-3-2-4-7-16/h2-12,14-15,28H,13H2,1H3,(H2,26,30). The number of methoxy groups -OCH3 is 1. The zero-order chi connectivity index (χ0) is 21.2. The summed E-state index contributed by atoms with van der Waals surface area (Å²) in [4.78, 5) is 13.4. The molecule has 0 unspecified atom stereocenters. The highest BCUT2D eigenvalue weighted by molar-refractivity contribution is 6.10. The number of hydrogen-bond acceptors (Lipinski definition) is 6. The van der Waals surface area contributed by atoms with Crippen LogP contribution in [-0.2, 0) is 6.54 Å². The highest BCUT2D eigenvalue weighted by atomic mass is 16.5. The first-order valence-electron chi connectivity index (χ1n) is 9.98. The Labute approximate surface area is 179 Å². The van der Waals surface area contributed by atoms with E-state index in [1.165, 1.54) is 5.56 Å². The van der Waals surface area contributed by atoms with E-state index in [4.69, 9.17) is 10.5 Å². The minimum Gasteiger partial charge on any atom is -0.495 e. The summed E-state index contributed by atoms with van der Waals surface area (Å²) in [6.45, 7) is 0.693. The maximum atomic E-state index is 6.28. The van der Waals surface area contributed by atoms with Crippen molar-refractivity contribution in [2.24, 2.45) is 0 Å². The smallest absolute Gasteiger partial charge is 0.142 e. The van der Waals surface area contributed by atoms with Gasteiger partial charge in [0.2, 0.25) is 0 Å². The van der Waals surface area contributed by atoms with E-state index in [0.29, 0.717) is 12.4 Å². The van der Waals surface area contributed by atoms with Gasteiger partial charge in [0.15, 0.2) is 0 Å². The van der Waals surface area contributed by atoms with Crippen LogP contribution in [0.4, 0.5) is 11.5 Å². The van der Waals surface area contributed by atoms with Crippen molar-refractivity contribution in [3.05, 3.63) is 84.8 Å². The second kappa shape index (κ2) is 7.91. The fraction of sp³-hybridized carbons (Fsp3) is 0.0800. The lowest BCUT2D eigenvalue weighted by atomic mass is 10.0. The van der Waals surface area contributed by atoms with Crippen LogP contribution < -0.4 is 15.8 Å². The number of pyridine rings is 3. The van der Waals surface area contributed by atoms with E-state index in [-0.39, 0.29) is 0 Å². The summed E-state index contributed by atoms with van der Waals surface area (Å²) in [5, 5.41) is 6.20. The largest absolute Gasteiger partial charge is 0.495 e. The van der Waals surface area contributed by atoms with Crippen molar-refractivity contribution in [2.75, 3.05) is 18.2 Å². The molecule has 3 aromatic heterocycles. The highest BCUT2D eigenvalue weighted by Gasteiger charge is 2.13. The van der Waals surface area contributed by atoms with Crippen molar-refractivity contribution < 1.29 is 4.74 Å². The molecule has 0 radical (unpaired) electrons. The Morgan fingerprint density at radius 1 is 0.935 bits per heavy atom. The molecule has 3 heterocycles. The zero-order valence-corrected chi connectivity index (χ0v) is 17.0. The van der Waals surface area contributed by atoms with Crippen LogP contribution in [0.3, 0.4) is 0 Å². The number of rotatable bonds is 5. The second-order valence-electron chi connectivity index (χ2n) is 7.26. The molecule has 0 saturated heterocycles. The number of fused-ring (bicyclic) bond motifs is 3. The Bertz CT molecular complexity index is 1370. The van der Waals surface area contributed by atoms with Crippen LogP contribution in [0.25, 0.3) is 32.9 Å². The second-order valence-corrected chi connectivity index (χ2v) is 7.26. The van der Waals surface area contributed by atoms with E-state index in [2.05, 4.69) is 32.4 Å². The molecular weight excluding hydrogens is 386 g/mol. The number of anilines is 2. The van der Waals surface area contributed by atoms with Crippen LogP contribution in [0.5, 0.6) is 5.75 Å². The van der Waals surface area contributed by atoms with Crippen molar-refractivity contribution in [3.63, 3.8) is 0 Å². The van der Waals surface area contributed by atoms with E-state index in [1.807, 2.05) is 48.5 Å². The number of ether oxygens (including phenoxy) is 1.